The molecule has 0 radical (unpaired) electrons. The molecule has 0 N–H and O–H groups in total. The maximum absolute atomic E-state index is 5.50. The van der Waals surface area contributed by atoms with Gasteiger partial charge in [0.25, 0.3) is 0 Å². The molecule has 288 valence electrons. The third-order valence-electron chi connectivity index (χ3n) is 5.93. The molecule has 9 nitrogen and oxygen atoms in total. The zero-order valence-corrected chi connectivity index (χ0v) is 34.2. The van der Waals surface area contributed by atoms with Crippen LogP contribution in [0, 0.1) is 6.92 Å². The Kier molecular flexibility index (Phi) is 45.8. The molecule has 0 aromatic heterocycles. The van der Waals surface area contributed by atoms with Crippen molar-refractivity contribution in [3.05, 3.63) is 85.5 Å². The average Bonchev–Trinajstić information content (AvgIpc) is 3.20. The van der Waals surface area contributed by atoms with Gasteiger partial charge in [-0.15, -0.1) is 0 Å². The molecule has 3 rings (SSSR count). The minimum Gasteiger partial charge on any atom is -0.491 e. The van der Waals surface area contributed by atoms with Crippen molar-refractivity contribution in [2.24, 2.45) is 10.3 Å². The molecule has 0 amide bonds. The van der Waals surface area contributed by atoms with E-state index >= 15 is 0 Å². The standard InChI is InChI=1S/C16H23NO4.C15H21N3O.5C2H6/c1-3-15(17-18-2)9-10-19-11-12-20-13-14-21-16-7-5-4-6-8-16;1-4-15(16-19-3)18-11-9-17(10-12-18)14-7-5-13(2)6-8-14;5*1-2/h3-8H,1,9-14H2,2H3;4-8H,1,9-12H2,2-3H3;5*1-2H3/b17-15+;16-15+;;;;;. The van der Waals surface area contributed by atoms with Crippen molar-refractivity contribution < 1.29 is 23.9 Å². The highest BCUT2D eigenvalue weighted by molar-refractivity contribution is 5.94. The smallest absolute Gasteiger partial charge is 0.167 e. The lowest BCUT2D eigenvalue weighted by molar-refractivity contribution is 0.0384. The van der Waals surface area contributed by atoms with Crippen molar-refractivity contribution in [2.75, 3.05) is 78.3 Å². The molecule has 0 saturated carbocycles. The molecule has 0 spiro atoms. The molecular formula is C41H74N4O5. The Morgan fingerprint density at radius 3 is 1.62 bits per heavy atom. The van der Waals surface area contributed by atoms with Gasteiger partial charge in [0.2, 0.25) is 0 Å². The third-order valence-corrected chi connectivity index (χ3v) is 5.93. The van der Waals surface area contributed by atoms with Crippen LogP contribution in [0.25, 0.3) is 0 Å². The first-order valence-electron chi connectivity index (χ1n) is 18.5. The lowest BCUT2D eigenvalue weighted by Gasteiger charge is -2.36. The van der Waals surface area contributed by atoms with E-state index in [1.807, 2.05) is 99.6 Å². The number of piperazine rings is 1. The monoisotopic (exact) mass is 703 g/mol. The summed E-state index contributed by atoms with van der Waals surface area (Å²) in [6.07, 6.45) is 4.07. The maximum Gasteiger partial charge on any atom is 0.167 e. The molecule has 0 bridgehead atoms. The van der Waals surface area contributed by atoms with Gasteiger partial charge in [0.15, 0.2) is 5.84 Å². The molecule has 1 aliphatic heterocycles. The molecule has 50 heavy (non-hydrogen) atoms. The molecule has 1 heterocycles. The highest BCUT2D eigenvalue weighted by Crippen LogP contribution is 2.17. The maximum atomic E-state index is 5.50. The van der Waals surface area contributed by atoms with E-state index in [9.17, 15) is 0 Å². The molecule has 9 heteroatoms. The van der Waals surface area contributed by atoms with Gasteiger partial charge in [0.1, 0.15) is 26.6 Å². The van der Waals surface area contributed by atoms with Gasteiger partial charge in [-0.2, -0.15) is 0 Å². The van der Waals surface area contributed by atoms with Gasteiger partial charge in [0.05, 0.1) is 32.1 Å². The number of para-hydroxylation sites is 1. The number of anilines is 1. The van der Waals surface area contributed by atoms with E-state index in [1.54, 1.807) is 19.3 Å². The fraction of sp³-hybridized carbons (Fsp3) is 0.561. The minimum atomic E-state index is 0.533. The second-order valence-corrected chi connectivity index (χ2v) is 8.75. The molecule has 1 saturated heterocycles. The fourth-order valence-electron chi connectivity index (χ4n) is 3.80. The van der Waals surface area contributed by atoms with Crippen molar-refractivity contribution in [2.45, 2.75) is 82.6 Å². The SMILES string of the molecule is C=C/C(=N\OC)N1CCN(c2ccc(C)cc2)CC1.C=C/C(CCOCCOCCOc1ccccc1)=N\OC.CC.CC.CC.CC.CC. The summed E-state index contributed by atoms with van der Waals surface area (Å²) in [7, 11) is 3.07. The van der Waals surface area contributed by atoms with Crippen LogP contribution in [0.3, 0.4) is 0 Å². The molecule has 1 fully saturated rings. The third kappa shape index (κ3) is 28.1. The Morgan fingerprint density at radius 1 is 0.640 bits per heavy atom. The van der Waals surface area contributed by atoms with Crippen molar-refractivity contribution >= 4 is 17.2 Å². The van der Waals surface area contributed by atoms with E-state index in [0.29, 0.717) is 39.5 Å². The summed E-state index contributed by atoms with van der Waals surface area (Å²) in [6, 6.07) is 18.3. The first-order valence-corrected chi connectivity index (χ1v) is 18.5. The van der Waals surface area contributed by atoms with E-state index in [1.165, 1.54) is 18.4 Å². The van der Waals surface area contributed by atoms with E-state index in [2.05, 4.69) is 69.3 Å². The predicted molar refractivity (Wildman–Crippen MR) is 219 cm³/mol. The van der Waals surface area contributed by atoms with Crippen LogP contribution in [-0.4, -0.2) is 89.9 Å². The van der Waals surface area contributed by atoms with Crippen LogP contribution < -0.4 is 9.64 Å². The average molecular weight is 703 g/mol. The Hall–Kier alpha value is -3.82. The van der Waals surface area contributed by atoms with Gasteiger partial charge in [-0.25, -0.2) is 0 Å². The van der Waals surface area contributed by atoms with Gasteiger partial charge in [-0.05, 0) is 43.3 Å². The Labute approximate surface area is 308 Å². The van der Waals surface area contributed by atoms with Crippen LogP contribution in [0.4, 0.5) is 5.69 Å². The Balaban J connectivity index is -0.000000339. The number of amidine groups is 1. The van der Waals surface area contributed by atoms with E-state index in [-0.39, 0.29) is 0 Å². The molecule has 0 aliphatic carbocycles. The summed E-state index contributed by atoms with van der Waals surface area (Å²) < 4.78 is 16.3. The van der Waals surface area contributed by atoms with Gasteiger partial charge in [-0.1, -0.05) is 129 Å². The second kappa shape index (κ2) is 43.2. The van der Waals surface area contributed by atoms with Crippen LogP contribution in [0.2, 0.25) is 0 Å². The fourth-order valence-corrected chi connectivity index (χ4v) is 3.80. The van der Waals surface area contributed by atoms with Crippen LogP contribution in [-0.2, 0) is 19.1 Å². The highest BCUT2D eigenvalue weighted by Gasteiger charge is 2.18. The number of rotatable bonds is 15. The number of allylic oxidation sites excluding steroid dienone is 1. The summed E-state index contributed by atoms with van der Waals surface area (Å²) in [5.41, 5.74) is 3.35. The van der Waals surface area contributed by atoms with Gasteiger partial charge in [0, 0.05) is 38.3 Å². The normalized spacial score (nSPS) is 11.5. The van der Waals surface area contributed by atoms with Crippen LogP contribution >= 0.6 is 0 Å². The molecule has 1 aliphatic rings. The molecular weight excluding hydrogens is 628 g/mol. The van der Waals surface area contributed by atoms with Crippen molar-refractivity contribution in [3.8, 4) is 5.75 Å². The van der Waals surface area contributed by atoms with E-state index in [0.717, 1.165) is 43.5 Å². The summed E-state index contributed by atoms with van der Waals surface area (Å²) in [6.45, 7) is 36.1. The molecule has 0 unspecified atom stereocenters. The topological polar surface area (TPSA) is 77.4 Å². The van der Waals surface area contributed by atoms with Crippen LogP contribution in [0.15, 0.2) is 90.2 Å². The zero-order chi connectivity index (χ0) is 38.8. The second-order valence-electron chi connectivity index (χ2n) is 8.75. The van der Waals surface area contributed by atoms with Crippen molar-refractivity contribution in [1.82, 2.24) is 4.90 Å². The number of hydrogen-bond donors (Lipinski definition) is 0. The lowest BCUT2D eigenvalue weighted by Crippen LogP contribution is -2.48. The van der Waals surface area contributed by atoms with Crippen LogP contribution in [0.1, 0.15) is 81.2 Å². The number of aryl methyl sites for hydroxylation is 1. The Bertz CT molecular complexity index is 1020. The van der Waals surface area contributed by atoms with Crippen molar-refractivity contribution in [1.29, 1.82) is 0 Å². The number of hydrogen-bond acceptors (Lipinski definition) is 8. The summed E-state index contributed by atoms with van der Waals surface area (Å²) in [4.78, 5) is 14.1. The van der Waals surface area contributed by atoms with Crippen LogP contribution in [0.5, 0.6) is 5.75 Å². The summed E-state index contributed by atoms with van der Waals surface area (Å²) >= 11 is 0. The first-order chi connectivity index (χ1) is 24.6. The van der Waals surface area contributed by atoms with Gasteiger partial charge < -0.3 is 33.7 Å². The number of benzene rings is 2. The van der Waals surface area contributed by atoms with Crippen molar-refractivity contribution in [3.63, 3.8) is 0 Å². The molecule has 0 atom stereocenters. The summed E-state index contributed by atoms with van der Waals surface area (Å²) in [5.74, 6) is 1.66. The minimum absolute atomic E-state index is 0.533. The summed E-state index contributed by atoms with van der Waals surface area (Å²) in [5, 5.41) is 7.78. The molecule has 2 aromatic rings. The highest BCUT2D eigenvalue weighted by atomic mass is 16.6. The van der Waals surface area contributed by atoms with E-state index in [4.69, 9.17) is 19.0 Å². The number of ether oxygens (including phenoxy) is 3. The van der Waals surface area contributed by atoms with Gasteiger partial charge >= 0.3 is 0 Å². The van der Waals surface area contributed by atoms with Gasteiger partial charge in [-0.3, -0.25) is 0 Å². The number of nitrogens with zero attached hydrogens (tertiary/aromatic N) is 4. The molecule has 2 aromatic carbocycles. The lowest BCUT2D eigenvalue weighted by atomic mass is 10.2. The number of oxime groups is 2. The van der Waals surface area contributed by atoms with E-state index < -0.39 is 0 Å². The largest absolute Gasteiger partial charge is 0.491 e. The Morgan fingerprint density at radius 2 is 1.14 bits per heavy atom. The zero-order valence-electron chi connectivity index (χ0n) is 34.2. The predicted octanol–water partition coefficient (Wildman–Crippen LogP) is 10.1. The first kappa shape index (κ1) is 53.0. The quantitative estimate of drug-likeness (QED) is 0.0791.